The zero-order valence-corrected chi connectivity index (χ0v) is 22.1. The summed E-state index contributed by atoms with van der Waals surface area (Å²) in [5.41, 5.74) is -0.695. The first kappa shape index (κ1) is 25.5. The Hall–Kier alpha value is -0.610. The minimum Gasteiger partial charge on any atom is -0.462 e. The van der Waals surface area contributed by atoms with Gasteiger partial charge in [0.25, 0.3) is 0 Å². The molecule has 10 atom stereocenters. The molecule has 0 saturated heterocycles. The molecule has 2 N–H and O–H groups in total. The lowest BCUT2D eigenvalue weighted by Gasteiger charge is -2.65. The van der Waals surface area contributed by atoms with E-state index in [2.05, 4.69) is 34.6 Å². The third kappa shape index (κ3) is 4.20. The van der Waals surface area contributed by atoms with E-state index in [0.29, 0.717) is 17.8 Å². The Bertz CT molecular complexity index is 720. The molecule has 4 saturated carbocycles. The molecule has 0 heterocycles. The molecule has 4 rings (SSSR count). The first-order valence-electron chi connectivity index (χ1n) is 14.0. The standard InChI is InChI=1S/C29H50O4/c1-18(2)8-7-9-19(3)22-12-15-29(32)24-17-26(33-20(4)30)25-16-21(31)10-13-27(25,5)23(24)11-14-28(22,29)6/h18-19,21-26,31-32H,7-17H2,1-6H3/t19-,21+,22-,23-,24-,25-,26+,27-,28-,29-/m1/s1. The Kier molecular flexibility index (Phi) is 7.04. The summed E-state index contributed by atoms with van der Waals surface area (Å²) in [6.07, 6.45) is 10.9. The molecular formula is C29H50O4. The van der Waals surface area contributed by atoms with Gasteiger partial charge in [0.15, 0.2) is 0 Å². The van der Waals surface area contributed by atoms with Crippen LogP contribution in [0.15, 0.2) is 0 Å². The summed E-state index contributed by atoms with van der Waals surface area (Å²) in [5, 5.41) is 23.0. The Labute approximate surface area is 202 Å². The predicted molar refractivity (Wildman–Crippen MR) is 131 cm³/mol. The number of carbonyl (C=O) groups excluding carboxylic acids is 1. The topological polar surface area (TPSA) is 66.8 Å². The minimum atomic E-state index is -0.671. The quantitative estimate of drug-likeness (QED) is 0.466. The number of carbonyl (C=O) groups is 1. The van der Waals surface area contributed by atoms with E-state index < -0.39 is 5.60 Å². The van der Waals surface area contributed by atoms with Crippen LogP contribution in [0.1, 0.15) is 112 Å². The molecule has 4 aliphatic rings. The lowest BCUT2D eigenvalue weighted by atomic mass is 9.42. The van der Waals surface area contributed by atoms with Crippen molar-refractivity contribution in [3.05, 3.63) is 0 Å². The van der Waals surface area contributed by atoms with Gasteiger partial charge in [-0.25, -0.2) is 0 Å². The Morgan fingerprint density at radius 2 is 1.70 bits per heavy atom. The van der Waals surface area contributed by atoms with Crippen LogP contribution in [0.25, 0.3) is 0 Å². The van der Waals surface area contributed by atoms with Gasteiger partial charge in [-0.15, -0.1) is 0 Å². The Morgan fingerprint density at radius 3 is 2.36 bits per heavy atom. The van der Waals surface area contributed by atoms with Crippen molar-refractivity contribution in [2.45, 2.75) is 130 Å². The highest BCUT2D eigenvalue weighted by Gasteiger charge is 2.69. The third-order valence-corrected chi connectivity index (χ3v) is 11.3. The van der Waals surface area contributed by atoms with Gasteiger partial charge in [0.2, 0.25) is 0 Å². The Balaban J connectivity index is 1.60. The highest BCUT2D eigenvalue weighted by Crippen LogP contribution is 2.70. The zero-order chi connectivity index (χ0) is 24.2. The number of hydrogen-bond donors (Lipinski definition) is 2. The number of rotatable bonds is 6. The molecule has 0 spiro atoms. The van der Waals surface area contributed by atoms with Gasteiger partial charge in [-0.05, 0) is 91.8 Å². The van der Waals surface area contributed by atoms with Gasteiger partial charge in [0, 0.05) is 12.8 Å². The second-order valence-electron chi connectivity index (χ2n) is 13.5. The van der Waals surface area contributed by atoms with Crippen molar-refractivity contribution in [1.29, 1.82) is 0 Å². The van der Waals surface area contributed by atoms with Crippen LogP contribution >= 0.6 is 0 Å². The van der Waals surface area contributed by atoms with Crippen molar-refractivity contribution in [2.75, 3.05) is 0 Å². The van der Waals surface area contributed by atoms with Crippen LogP contribution in [0, 0.1) is 46.3 Å². The number of esters is 1. The van der Waals surface area contributed by atoms with Gasteiger partial charge < -0.3 is 14.9 Å². The predicted octanol–water partition coefficient (Wildman–Crippen LogP) is 6.13. The van der Waals surface area contributed by atoms with E-state index >= 15 is 0 Å². The lowest BCUT2D eigenvalue weighted by molar-refractivity contribution is -0.238. The second-order valence-corrected chi connectivity index (χ2v) is 13.5. The van der Waals surface area contributed by atoms with Gasteiger partial charge in [-0.2, -0.15) is 0 Å². The van der Waals surface area contributed by atoms with Crippen molar-refractivity contribution in [1.82, 2.24) is 0 Å². The van der Waals surface area contributed by atoms with E-state index in [0.717, 1.165) is 57.3 Å². The minimum absolute atomic E-state index is 0.0281. The van der Waals surface area contributed by atoms with Crippen LogP contribution < -0.4 is 0 Å². The molecular weight excluding hydrogens is 412 g/mol. The van der Waals surface area contributed by atoms with E-state index in [-0.39, 0.29) is 40.8 Å². The van der Waals surface area contributed by atoms with Crippen LogP contribution in [-0.4, -0.2) is 34.0 Å². The van der Waals surface area contributed by atoms with Crippen LogP contribution in [0.4, 0.5) is 0 Å². The largest absolute Gasteiger partial charge is 0.462 e. The summed E-state index contributed by atoms with van der Waals surface area (Å²) < 4.78 is 5.94. The number of aliphatic hydroxyl groups is 2. The van der Waals surface area contributed by atoms with Crippen molar-refractivity contribution in [2.24, 2.45) is 46.3 Å². The smallest absolute Gasteiger partial charge is 0.302 e. The maximum absolute atomic E-state index is 12.5. The summed E-state index contributed by atoms with van der Waals surface area (Å²) in [4.78, 5) is 12.0. The van der Waals surface area contributed by atoms with Crippen LogP contribution in [0.3, 0.4) is 0 Å². The highest BCUT2D eigenvalue weighted by atomic mass is 16.5. The Morgan fingerprint density at radius 1 is 0.970 bits per heavy atom. The molecule has 0 aromatic rings. The van der Waals surface area contributed by atoms with Crippen molar-refractivity contribution in [3.8, 4) is 0 Å². The maximum Gasteiger partial charge on any atom is 0.302 e. The zero-order valence-electron chi connectivity index (χ0n) is 22.1. The second kappa shape index (κ2) is 9.12. The monoisotopic (exact) mass is 462 g/mol. The molecule has 4 nitrogen and oxygen atoms in total. The van der Waals surface area contributed by atoms with Crippen molar-refractivity contribution in [3.63, 3.8) is 0 Å². The van der Waals surface area contributed by atoms with E-state index in [4.69, 9.17) is 4.74 Å². The van der Waals surface area contributed by atoms with Gasteiger partial charge in [-0.3, -0.25) is 4.79 Å². The summed E-state index contributed by atoms with van der Waals surface area (Å²) >= 11 is 0. The molecule has 33 heavy (non-hydrogen) atoms. The van der Waals surface area contributed by atoms with Crippen LogP contribution in [0.5, 0.6) is 0 Å². The average molecular weight is 463 g/mol. The number of aliphatic hydroxyl groups excluding tert-OH is 1. The van der Waals surface area contributed by atoms with Crippen LogP contribution in [0.2, 0.25) is 0 Å². The molecule has 190 valence electrons. The van der Waals surface area contributed by atoms with Gasteiger partial charge in [-0.1, -0.05) is 53.9 Å². The first-order valence-corrected chi connectivity index (χ1v) is 14.0. The fraction of sp³-hybridized carbons (Fsp3) is 0.966. The number of hydrogen-bond acceptors (Lipinski definition) is 4. The number of ether oxygens (including phenoxy) is 1. The summed E-state index contributed by atoms with van der Waals surface area (Å²) in [5.74, 6) is 2.58. The molecule has 0 aliphatic heterocycles. The number of fused-ring (bicyclic) bond motifs is 5. The molecule has 0 amide bonds. The van der Waals surface area contributed by atoms with E-state index in [9.17, 15) is 15.0 Å². The summed E-state index contributed by atoms with van der Waals surface area (Å²) in [6, 6.07) is 0. The fourth-order valence-corrected chi connectivity index (χ4v) is 9.55. The van der Waals surface area contributed by atoms with Gasteiger partial charge >= 0.3 is 5.97 Å². The summed E-state index contributed by atoms with van der Waals surface area (Å²) in [6.45, 7) is 13.3. The highest BCUT2D eigenvalue weighted by molar-refractivity contribution is 5.66. The molecule has 0 aromatic carbocycles. The SMILES string of the molecule is CC(=O)O[C@H]1C[C@@H]2[C@@H](CC[C@]3(C)[C@@H]([C@H](C)CCCC(C)C)CC[C@@]23O)[C@@]2(C)CC[C@H](O)C[C@H]12. The molecule has 0 bridgehead atoms. The van der Waals surface area contributed by atoms with E-state index in [1.54, 1.807) is 0 Å². The van der Waals surface area contributed by atoms with Crippen molar-refractivity contribution >= 4 is 5.97 Å². The molecule has 4 fully saturated rings. The first-order chi connectivity index (χ1) is 15.4. The van der Waals surface area contributed by atoms with Gasteiger partial charge in [0.05, 0.1) is 11.7 Å². The lowest BCUT2D eigenvalue weighted by Crippen LogP contribution is -2.65. The molecule has 0 radical (unpaired) electrons. The van der Waals surface area contributed by atoms with E-state index in [1.165, 1.54) is 26.2 Å². The molecule has 4 aliphatic carbocycles. The molecule has 0 aromatic heterocycles. The summed E-state index contributed by atoms with van der Waals surface area (Å²) in [7, 11) is 0. The maximum atomic E-state index is 12.5. The molecule has 4 heteroatoms. The average Bonchev–Trinajstić information content (AvgIpc) is 3.00. The molecule has 0 unspecified atom stereocenters. The third-order valence-electron chi connectivity index (χ3n) is 11.3. The van der Waals surface area contributed by atoms with Gasteiger partial charge in [0.1, 0.15) is 6.10 Å². The normalized spacial score (nSPS) is 48.0. The van der Waals surface area contributed by atoms with Crippen LogP contribution in [-0.2, 0) is 9.53 Å². The van der Waals surface area contributed by atoms with E-state index in [1.807, 2.05) is 0 Å². The van der Waals surface area contributed by atoms with Crippen molar-refractivity contribution < 1.29 is 19.7 Å². The fourth-order valence-electron chi connectivity index (χ4n) is 9.55.